The number of aliphatic hydroxyl groups is 1. The van der Waals surface area contributed by atoms with Crippen LogP contribution in [0.5, 0.6) is 0 Å². The molecular formula is C33H38N8O3. The van der Waals surface area contributed by atoms with Gasteiger partial charge in [0, 0.05) is 68.0 Å². The van der Waals surface area contributed by atoms with Crippen molar-refractivity contribution in [3.05, 3.63) is 81.9 Å². The van der Waals surface area contributed by atoms with Crippen LogP contribution in [0.4, 0.5) is 17.3 Å². The van der Waals surface area contributed by atoms with E-state index in [0.717, 1.165) is 35.0 Å². The number of pyridine rings is 3. The SMILES string of the molecule is CCC(C)(C)Cc1cc2n(c1)CCN(c1nccc(-c3cc(Nc4cc5c(C)n(C)nc5cn4)c(=O)n(C)c3)c1CO)C2=O. The summed E-state index contributed by atoms with van der Waals surface area (Å²) in [5.74, 6) is 0.788. The highest BCUT2D eigenvalue weighted by atomic mass is 16.3. The molecule has 6 rings (SSSR count). The Bertz CT molecular complexity index is 1970. The molecule has 0 unspecified atom stereocenters. The van der Waals surface area contributed by atoms with E-state index >= 15 is 0 Å². The standard InChI is InChI=1S/C33H38N8O3/c1-7-33(3,4)15-21-12-28-32(44)41(11-10-40(28)17-21)30-25(19-42)23(8-9-34-30)22-13-26(31(43)38(5)18-22)36-29-14-24-20(2)39(6)37-27(24)16-35-29/h8-9,12-14,16-18,36,42H,7,10-11,15,19H2,1-6H3. The molecule has 5 aromatic rings. The quantitative estimate of drug-likeness (QED) is 0.267. The number of fused-ring (bicyclic) bond motifs is 2. The zero-order valence-corrected chi connectivity index (χ0v) is 26.0. The average Bonchev–Trinajstić information content (AvgIpc) is 3.54. The number of nitrogens with zero attached hydrogens (tertiary/aromatic N) is 7. The largest absolute Gasteiger partial charge is 0.392 e. The van der Waals surface area contributed by atoms with Gasteiger partial charge < -0.3 is 19.6 Å². The molecule has 228 valence electrons. The molecule has 0 spiro atoms. The number of nitrogens with one attached hydrogen (secondary N) is 1. The summed E-state index contributed by atoms with van der Waals surface area (Å²) < 4.78 is 5.31. The van der Waals surface area contributed by atoms with E-state index in [1.165, 1.54) is 4.57 Å². The number of anilines is 3. The Hall–Kier alpha value is -4.77. The molecule has 0 bridgehead atoms. The van der Waals surface area contributed by atoms with Crippen molar-refractivity contribution < 1.29 is 9.90 Å². The van der Waals surface area contributed by atoms with Crippen LogP contribution in [-0.2, 0) is 33.7 Å². The van der Waals surface area contributed by atoms with E-state index in [4.69, 9.17) is 0 Å². The minimum absolute atomic E-state index is 0.143. The zero-order chi connectivity index (χ0) is 31.3. The van der Waals surface area contributed by atoms with Gasteiger partial charge in [0.1, 0.15) is 28.5 Å². The molecule has 6 heterocycles. The molecule has 11 nitrogen and oxygen atoms in total. The number of aryl methyl sites for hydroxylation is 3. The van der Waals surface area contributed by atoms with E-state index in [9.17, 15) is 14.7 Å². The Balaban J connectivity index is 1.35. The molecule has 2 N–H and O–H groups in total. The van der Waals surface area contributed by atoms with Crippen LogP contribution in [0.2, 0.25) is 0 Å². The van der Waals surface area contributed by atoms with Crippen molar-refractivity contribution in [2.75, 3.05) is 16.8 Å². The Labute approximate surface area is 255 Å². The second-order valence-corrected chi connectivity index (χ2v) is 12.4. The van der Waals surface area contributed by atoms with E-state index in [-0.39, 0.29) is 23.5 Å². The number of rotatable bonds is 8. The second-order valence-electron chi connectivity index (χ2n) is 12.4. The molecule has 0 atom stereocenters. The van der Waals surface area contributed by atoms with Crippen LogP contribution in [0, 0.1) is 12.3 Å². The van der Waals surface area contributed by atoms with E-state index in [1.54, 1.807) is 47.4 Å². The Morgan fingerprint density at radius 1 is 1.07 bits per heavy atom. The third-order valence-electron chi connectivity index (χ3n) is 8.84. The highest BCUT2D eigenvalue weighted by Gasteiger charge is 2.30. The van der Waals surface area contributed by atoms with Gasteiger partial charge in [0.2, 0.25) is 0 Å². The van der Waals surface area contributed by atoms with Crippen molar-refractivity contribution >= 4 is 34.1 Å². The molecule has 11 heteroatoms. The Kier molecular flexibility index (Phi) is 7.36. The third-order valence-corrected chi connectivity index (χ3v) is 8.84. The fourth-order valence-corrected chi connectivity index (χ4v) is 5.88. The molecule has 44 heavy (non-hydrogen) atoms. The van der Waals surface area contributed by atoms with E-state index in [2.05, 4.69) is 47.4 Å². The monoisotopic (exact) mass is 594 g/mol. The van der Waals surface area contributed by atoms with Gasteiger partial charge in [-0.05, 0) is 54.2 Å². The van der Waals surface area contributed by atoms with Gasteiger partial charge in [0.05, 0.1) is 12.8 Å². The van der Waals surface area contributed by atoms with Crippen molar-refractivity contribution in [2.45, 2.75) is 53.7 Å². The number of carbonyl (C=O) groups excluding carboxylic acids is 1. The molecule has 0 aliphatic carbocycles. The fraction of sp³-hybridized carbons (Fsp3) is 0.364. The predicted molar refractivity (Wildman–Crippen MR) is 171 cm³/mol. The van der Waals surface area contributed by atoms with Gasteiger partial charge >= 0.3 is 0 Å². The van der Waals surface area contributed by atoms with Gasteiger partial charge in [-0.25, -0.2) is 9.97 Å². The predicted octanol–water partition coefficient (Wildman–Crippen LogP) is 4.71. The number of amides is 1. The summed E-state index contributed by atoms with van der Waals surface area (Å²) in [7, 11) is 3.56. The van der Waals surface area contributed by atoms with Crippen LogP contribution in [0.1, 0.15) is 54.5 Å². The first-order chi connectivity index (χ1) is 21.0. The van der Waals surface area contributed by atoms with Gasteiger partial charge in [-0.2, -0.15) is 5.10 Å². The lowest BCUT2D eigenvalue weighted by molar-refractivity contribution is 0.0964. The van der Waals surface area contributed by atoms with Gasteiger partial charge in [-0.1, -0.05) is 27.2 Å². The van der Waals surface area contributed by atoms with Crippen molar-refractivity contribution in [2.24, 2.45) is 19.5 Å². The van der Waals surface area contributed by atoms with Crippen LogP contribution in [0.3, 0.4) is 0 Å². The summed E-state index contributed by atoms with van der Waals surface area (Å²) in [4.78, 5) is 37.6. The lowest BCUT2D eigenvalue weighted by Gasteiger charge is -2.29. The normalized spacial score (nSPS) is 13.5. The first-order valence-corrected chi connectivity index (χ1v) is 14.9. The molecule has 1 aliphatic rings. The fourth-order valence-electron chi connectivity index (χ4n) is 5.88. The van der Waals surface area contributed by atoms with E-state index in [1.807, 2.05) is 30.7 Å². The van der Waals surface area contributed by atoms with Crippen LogP contribution < -0.4 is 15.8 Å². The number of carbonyl (C=O) groups is 1. The van der Waals surface area contributed by atoms with E-state index in [0.29, 0.717) is 52.8 Å². The number of hydrogen-bond donors (Lipinski definition) is 2. The maximum atomic E-state index is 13.8. The second kappa shape index (κ2) is 11.1. The maximum Gasteiger partial charge on any atom is 0.276 e. The minimum atomic E-state index is -0.330. The van der Waals surface area contributed by atoms with Gasteiger partial charge in [-0.3, -0.25) is 19.2 Å². The lowest BCUT2D eigenvalue weighted by atomic mass is 9.84. The highest BCUT2D eigenvalue weighted by molar-refractivity contribution is 6.06. The van der Waals surface area contributed by atoms with Gasteiger partial charge in [0.25, 0.3) is 11.5 Å². The van der Waals surface area contributed by atoms with Crippen molar-refractivity contribution in [3.8, 4) is 11.1 Å². The molecule has 1 amide bonds. The summed E-state index contributed by atoms with van der Waals surface area (Å²) in [6.07, 6.45) is 9.05. The first-order valence-electron chi connectivity index (χ1n) is 14.9. The highest BCUT2D eigenvalue weighted by Crippen LogP contribution is 2.34. The van der Waals surface area contributed by atoms with Crippen LogP contribution >= 0.6 is 0 Å². The Morgan fingerprint density at radius 3 is 2.61 bits per heavy atom. The molecule has 0 saturated carbocycles. The average molecular weight is 595 g/mol. The number of hydrogen-bond acceptors (Lipinski definition) is 7. The van der Waals surface area contributed by atoms with Gasteiger partial charge in [0.15, 0.2) is 0 Å². The summed E-state index contributed by atoms with van der Waals surface area (Å²) in [5.41, 5.74) is 5.66. The van der Waals surface area contributed by atoms with Crippen LogP contribution in [0.15, 0.2) is 53.8 Å². The molecule has 0 radical (unpaired) electrons. The minimum Gasteiger partial charge on any atom is -0.392 e. The van der Waals surface area contributed by atoms with Crippen molar-refractivity contribution in [1.29, 1.82) is 0 Å². The zero-order valence-electron chi connectivity index (χ0n) is 26.0. The molecule has 5 aromatic heterocycles. The lowest BCUT2D eigenvalue weighted by Crippen LogP contribution is -2.41. The topological polar surface area (TPSA) is 123 Å². The van der Waals surface area contributed by atoms with Crippen LogP contribution in [-0.4, -0.2) is 46.4 Å². The van der Waals surface area contributed by atoms with E-state index < -0.39 is 0 Å². The molecule has 0 fully saturated rings. The van der Waals surface area contributed by atoms with Crippen molar-refractivity contribution in [3.63, 3.8) is 0 Å². The van der Waals surface area contributed by atoms with Gasteiger partial charge in [-0.15, -0.1) is 0 Å². The summed E-state index contributed by atoms with van der Waals surface area (Å²) in [6.45, 7) is 9.36. The van der Waals surface area contributed by atoms with Crippen molar-refractivity contribution in [1.82, 2.24) is 28.9 Å². The maximum absolute atomic E-state index is 13.8. The first kappa shape index (κ1) is 29.3. The van der Waals surface area contributed by atoms with Crippen LogP contribution in [0.25, 0.3) is 22.0 Å². The summed E-state index contributed by atoms with van der Waals surface area (Å²) in [5, 5.41) is 19.2. The molecular weight excluding hydrogens is 556 g/mol. The third kappa shape index (κ3) is 5.17. The molecule has 0 saturated heterocycles. The summed E-state index contributed by atoms with van der Waals surface area (Å²) in [6, 6.07) is 7.40. The summed E-state index contributed by atoms with van der Waals surface area (Å²) >= 11 is 0. The smallest absolute Gasteiger partial charge is 0.276 e. The molecule has 0 aromatic carbocycles. The number of aromatic nitrogens is 6. The Morgan fingerprint density at radius 2 is 1.86 bits per heavy atom. The molecule has 1 aliphatic heterocycles. The number of aliphatic hydroxyl groups excluding tert-OH is 1.